The maximum absolute atomic E-state index is 13.4. The van der Waals surface area contributed by atoms with Crippen LogP contribution >= 0.6 is 0 Å². The molecule has 0 N–H and O–H groups in total. The molecule has 1 atom stereocenters. The number of ketones is 1. The number of hydrogen-bond donors (Lipinski definition) is 0. The molecule has 3 aromatic carbocycles. The van der Waals surface area contributed by atoms with Gasteiger partial charge < -0.3 is 0 Å². The number of benzene rings is 3. The minimum absolute atomic E-state index is 0.0408. The Morgan fingerprint density at radius 2 is 1.16 bits per heavy atom. The van der Waals surface area contributed by atoms with E-state index in [0.29, 0.717) is 12.2 Å². The van der Waals surface area contributed by atoms with Crippen LogP contribution < -0.4 is 0 Å². The summed E-state index contributed by atoms with van der Waals surface area (Å²) in [5, 5.41) is 0. The first-order valence-electron chi connectivity index (χ1n) is 11.5. The van der Waals surface area contributed by atoms with E-state index in [-0.39, 0.29) is 5.41 Å². The van der Waals surface area contributed by atoms with Gasteiger partial charge in [0.05, 0.1) is 0 Å². The second-order valence-electron chi connectivity index (χ2n) is 9.30. The molecule has 0 saturated heterocycles. The molecule has 0 radical (unpaired) electrons. The lowest BCUT2D eigenvalue weighted by Gasteiger charge is -2.36. The van der Waals surface area contributed by atoms with Gasteiger partial charge in [0.25, 0.3) is 0 Å². The molecule has 0 saturated carbocycles. The first-order chi connectivity index (χ1) is 15.1. The molecular weight excluding hydrogens is 376 g/mol. The van der Waals surface area contributed by atoms with Crippen LogP contribution in [0.15, 0.2) is 102 Å². The standard InChI is InChI=1S/C30H32O/c1-30(20-19-25-13-7-3-8-14-25)22-27(18-17-24-11-5-2-6-12-24)28(29(31)23-30)21-26-15-9-4-10-16-26/h2-16H,17-23H2,1H3. The van der Waals surface area contributed by atoms with Crippen LogP contribution in [0.4, 0.5) is 0 Å². The van der Waals surface area contributed by atoms with Crippen molar-refractivity contribution in [2.75, 3.05) is 0 Å². The number of rotatable bonds is 8. The van der Waals surface area contributed by atoms with Crippen molar-refractivity contribution in [2.24, 2.45) is 5.41 Å². The van der Waals surface area contributed by atoms with Gasteiger partial charge in [-0.1, -0.05) is 103 Å². The molecule has 0 heterocycles. The lowest BCUT2D eigenvalue weighted by molar-refractivity contribution is -0.118. The van der Waals surface area contributed by atoms with Gasteiger partial charge in [0.15, 0.2) is 5.78 Å². The summed E-state index contributed by atoms with van der Waals surface area (Å²) in [5.74, 6) is 0.355. The van der Waals surface area contributed by atoms with Gasteiger partial charge in [0, 0.05) is 12.8 Å². The predicted molar refractivity (Wildman–Crippen MR) is 129 cm³/mol. The molecular formula is C30H32O. The van der Waals surface area contributed by atoms with Crippen LogP contribution in [0.2, 0.25) is 0 Å². The van der Waals surface area contributed by atoms with E-state index in [1.54, 1.807) is 0 Å². The summed E-state index contributed by atoms with van der Waals surface area (Å²) in [7, 11) is 0. The van der Waals surface area contributed by atoms with Crippen molar-refractivity contribution in [3.63, 3.8) is 0 Å². The Bertz CT molecular complexity index is 1020. The Kier molecular flexibility index (Phi) is 6.82. The fourth-order valence-corrected chi connectivity index (χ4v) is 4.85. The molecule has 4 rings (SSSR count). The molecule has 0 amide bonds. The van der Waals surface area contributed by atoms with Crippen molar-refractivity contribution < 1.29 is 4.79 Å². The maximum atomic E-state index is 13.4. The van der Waals surface area contributed by atoms with E-state index in [4.69, 9.17) is 0 Å². The maximum Gasteiger partial charge on any atom is 0.159 e. The second kappa shape index (κ2) is 9.92. The van der Waals surface area contributed by atoms with Gasteiger partial charge in [0.1, 0.15) is 0 Å². The lowest BCUT2D eigenvalue weighted by atomic mass is 9.67. The second-order valence-corrected chi connectivity index (χ2v) is 9.30. The number of allylic oxidation sites excluding steroid dienone is 2. The summed E-state index contributed by atoms with van der Waals surface area (Å²) < 4.78 is 0. The molecule has 1 heteroatoms. The van der Waals surface area contributed by atoms with Crippen molar-refractivity contribution in [1.82, 2.24) is 0 Å². The van der Waals surface area contributed by atoms with Crippen LogP contribution in [-0.2, 0) is 24.1 Å². The molecule has 0 bridgehead atoms. The zero-order valence-corrected chi connectivity index (χ0v) is 18.5. The Morgan fingerprint density at radius 3 is 1.74 bits per heavy atom. The summed E-state index contributed by atoms with van der Waals surface area (Å²) >= 11 is 0. The summed E-state index contributed by atoms with van der Waals surface area (Å²) in [6.07, 6.45) is 6.51. The third kappa shape index (κ3) is 5.82. The largest absolute Gasteiger partial charge is 0.295 e. The molecule has 0 aliphatic heterocycles. The van der Waals surface area contributed by atoms with Crippen molar-refractivity contribution in [3.8, 4) is 0 Å². The zero-order valence-electron chi connectivity index (χ0n) is 18.5. The first-order valence-corrected chi connectivity index (χ1v) is 11.5. The molecule has 158 valence electrons. The minimum atomic E-state index is 0.0408. The fraction of sp³-hybridized carbons (Fsp3) is 0.300. The highest BCUT2D eigenvalue weighted by Gasteiger charge is 2.35. The van der Waals surface area contributed by atoms with Crippen molar-refractivity contribution >= 4 is 5.78 Å². The highest BCUT2D eigenvalue weighted by Crippen LogP contribution is 2.43. The van der Waals surface area contributed by atoms with Crippen LogP contribution in [0.5, 0.6) is 0 Å². The van der Waals surface area contributed by atoms with E-state index in [9.17, 15) is 4.79 Å². The van der Waals surface area contributed by atoms with E-state index in [2.05, 4.69) is 91.9 Å². The first kappa shape index (κ1) is 21.3. The van der Waals surface area contributed by atoms with Gasteiger partial charge in [-0.2, -0.15) is 0 Å². The van der Waals surface area contributed by atoms with Crippen LogP contribution in [0.25, 0.3) is 0 Å². The average Bonchev–Trinajstić information content (AvgIpc) is 2.80. The van der Waals surface area contributed by atoms with Gasteiger partial charge >= 0.3 is 0 Å². The molecule has 1 unspecified atom stereocenters. The summed E-state index contributed by atoms with van der Waals surface area (Å²) in [6, 6.07) is 31.8. The van der Waals surface area contributed by atoms with Gasteiger partial charge in [-0.3, -0.25) is 4.79 Å². The van der Waals surface area contributed by atoms with Gasteiger partial charge in [-0.25, -0.2) is 0 Å². The van der Waals surface area contributed by atoms with Crippen LogP contribution in [0, 0.1) is 5.41 Å². The Hall–Kier alpha value is -2.93. The molecule has 31 heavy (non-hydrogen) atoms. The van der Waals surface area contributed by atoms with Crippen molar-refractivity contribution in [2.45, 2.75) is 51.9 Å². The number of hydrogen-bond acceptors (Lipinski definition) is 1. The Balaban J connectivity index is 1.55. The number of Topliss-reactive ketones (excluding diaryl/α,β-unsaturated/α-hetero) is 1. The minimum Gasteiger partial charge on any atom is -0.295 e. The van der Waals surface area contributed by atoms with Crippen LogP contribution in [0.3, 0.4) is 0 Å². The summed E-state index contributed by atoms with van der Waals surface area (Å²) in [5.41, 5.74) is 6.42. The molecule has 1 nitrogen and oxygen atoms in total. The predicted octanol–water partition coefficient (Wildman–Crippen LogP) is 7.16. The van der Waals surface area contributed by atoms with Gasteiger partial charge in [-0.05, 0) is 59.8 Å². The quantitative estimate of drug-likeness (QED) is 0.386. The van der Waals surface area contributed by atoms with E-state index in [1.165, 1.54) is 22.3 Å². The van der Waals surface area contributed by atoms with Gasteiger partial charge in [-0.15, -0.1) is 0 Å². The van der Waals surface area contributed by atoms with Crippen molar-refractivity contribution in [3.05, 3.63) is 119 Å². The molecule has 0 fully saturated rings. The third-order valence-corrected chi connectivity index (χ3v) is 6.63. The number of carbonyl (C=O) groups is 1. The molecule has 1 aliphatic carbocycles. The highest BCUT2D eigenvalue weighted by atomic mass is 16.1. The van der Waals surface area contributed by atoms with Crippen LogP contribution in [0.1, 0.15) is 49.3 Å². The SMILES string of the molecule is CC1(CCc2ccccc2)CC(=O)C(Cc2ccccc2)=C(CCc2ccccc2)C1. The van der Waals surface area contributed by atoms with Gasteiger partial charge in [0.2, 0.25) is 0 Å². The molecule has 0 spiro atoms. The number of carbonyl (C=O) groups excluding carboxylic acids is 1. The topological polar surface area (TPSA) is 17.1 Å². The molecule has 3 aromatic rings. The summed E-state index contributed by atoms with van der Waals surface area (Å²) in [4.78, 5) is 13.4. The van der Waals surface area contributed by atoms with E-state index in [1.807, 2.05) is 6.07 Å². The van der Waals surface area contributed by atoms with E-state index >= 15 is 0 Å². The smallest absolute Gasteiger partial charge is 0.159 e. The van der Waals surface area contributed by atoms with Crippen LogP contribution in [-0.4, -0.2) is 5.78 Å². The Labute approximate surface area is 186 Å². The number of aryl methyl sites for hydroxylation is 2. The molecule has 1 aliphatic rings. The molecule has 0 aromatic heterocycles. The van der Waals surface area contributed by atoms with Crippen molar-refractivity contribution in [1.29, 1.82) is 0 Å². The van der Waals surface area contributed by atoms with E-state index in [0.717, 1.165) is 44.1 Å². The zero-order chi connectivity index (χ0) is 21.5. The monoisotopic (exact) mass is 408 g/mol. The average molecular weight is 409 g/mol. The third-order valence-electron chi connectivity index (χ3n) is 6.63. The Morgan fingerprint density at radius 1 is 0.645 bits per heavy atom. The fourth-order valence-electron chi connectivity index (χ4n) is 4.85. The highest BCUT2D eigenvalue weighted by molar-refractivity contribution is 5.98. The lowest BCUT2D eigenvalue weighted by Crippen LogP contribution is -2.30. The normalized spacial score (nSPS) is 18.9. The van der Waals surface area contributed by atoms with E-state index < -0.39 is 0 Å². The summed E-state index contributed by atoms with van der Waals surface area (Å²) in [6.45, 7) is 2.32.